The van der Waals surface area contributed by atoms with Crippen LogP contribution in [0, 0.1) is 17.2 Å². The molecular weight excluding hydrogens is 374 g/mol. The van der Waals surface area contributed by atoms with Crippen LogP contribution in [0.15, 0.2) is 36.4 Å². The number of hydrogen-bond acceptors (Lipinski definition) is 6. The summed E-state index contributed by atoms with van der Waals surface area (Å²) in [5.74, 6) is 1.54. The molecule has 6 heteroatoms. The second-order valence-electron chi connectivity index (χ2n) is 8.78. The number of hydrogen-bond donors (Lipinski definition) is 3. The number of aromatic nitrogens is 1. The van der Waals surface area contributed by atoms with Crippen molar-refractivity contribution in [3.63, 3.8) is 0 Å². The van der Waals surface area contributed by atoms with Crippen LogP contribution in [-0.2, 0) is 0 Å². The standard InChI is InChI=1S/C24H29N5O/c25-23(16-5-4-6-16)22-21(29-12-10-20-17(14-29)9-11-26-20)13-19(15-30)28-24(22)27-18-7-2-1-3-8-18/h1-3,7-8,13,15-17,20,25-26H,4-6,9-12,14H2,(H,27,28). The van der Waals surface area contributed by atoms with Crippen LogP contribution in [0.5, 0.6) is 0 Å². The zero-order valence-corrected chi connectivity index (χ0v) is 17.2. The number of carbonyl (C=O) groups excluding carboxylic acids is 1. The first-order valence-electron chi connectivity index (χ1n) is 11.1. The van der Waals surface area contributed by atoms with Crippen molar-refractivity contribution in [2.75, 3.05) is 29.9 Å². The fraction of sp³-hybridized carbons (Fsp3) is 0.458. The van der Waals surface area contributed by atoms with Crippen molar-refractivity contribution in [1.29, 1.82) is 5.41 Å². The zero-order chi connectivity index (χ0) is 20.5. The van der Waals surface area contributed by atoms with Gasteiger partial charge in [-0.1, -0.05) is 24.6 Å². The van der Waals surface area contributed by atoms with Crippen molar-refractivity contribution in [2.45, 2.75) is 38.1 Å². The minimum absolute atomic E-state index is 0.287. The Labute approximate surface area is 177 Å². The lowest BCUT2D eigenvalue weighted by molar-refractivity contribution is 0.111. The first kappa shape index (κ1) is 19.2. The summed E-state index contributed by atoms with van der Waals surface area (Å²) in [6, 6.07) is 12.4. The van der Waals surface area contributed by atoms with Gasteiger partial charge in [0.15, 0.2) is 6.29 Å². The van der Waals surface area contributed by atoms with E-state index in [4.69, 9.17) is 5.41 Å². The number of benzene rings is 1. The molecule has 5 rings (SSSR count). The summed E-state index contributed by atoms with van der Waals surface area (Å²) in [5.41, 5.74) is 3.86. The Bertz CT molecular complexity index is 940. The Balaban J connectivity index is 1.57. The molecule has 0 spiro atoms. The van der Waals surface area contributed by atoms with Crippen molar-refractivity contribution in [1.82, 2.24) is 10.3 Å². The van der Waals surface area contributed by atoms with E-state index in [1.807, 2.05) is 36.4 Å². The van der Waals surface area contributed by atoms with Crippen molar-refractivity contribution >= 4 is 29.2 Å². The van der Waals surface area contributed by atoms with Gasteiger partial charge in [0, 0.05) is 36.4 Å². The van der Waals surface area contributed by atoms with Crippen molar-refractivity contribution in [3.05, 3.63) is 47.7 Å². The van der Waals surface area contributed by atoms with Gasteiger partial charge in [0.25, 0.3) is 0 Å². The highest BCUT2D eigenvalue weighted by atomic mass is 16.1. The molecule has 3 N–H and O–H groups in total. The number of piperidine rings is 1. The average Bonchev–Trinajstić information content (AvgIpc) is 3.20. The molecule has 3 fully saturated rings. The summed E-state index contributed by atoms with van der Waals surface area (Å²) in [7, 11) is 0. The third-order valence-corrected chi connectivity index (χ3v) is 6.95. The number of carbonyl (C=O) groups is 1. The summed E-state index contributed by atoms with van der Waals surface area (Å²) in [5, 5.41) is 16.0. The SMILES string of the molecule is N=C(c1c(N2CCC3NCCC3C2)cc(C=O)nc1Nc1ccccc1)C1CCC1. The maximum Gasteiger partial charge on any atom is 0.168 e. The second-order valence-corrected chi connectivity index (χ2v) is 8.78. The minimum Gasteiger partial charge on any atom is -0.370 e. The smallest absolute Gasteiger partial charge is 0.168 e. The Hall–Kier alpha value is -2.73. The summed E-state index contributed by atoms with van der Waals surface area (Å²) in [6.07, 6.45) is 6.42. The van der Waals surface area contributed by atoms with E-state index < -0.39 is 0 Å². The van der Waals surface area contributed by atoms with Crippen LogP contribution in [0.1, 0.15) is 48.2 Å². The molecule has 1 aromatic carbocycles. The van der Waals surface area contributed by atoms with Gasteiger partial charge in [0.1, 0.15) is 11.5 Å². The second kappa shape index (κ2) is 8.19. The van der Waals surface area contributed by atoms with Gasteiger partial charge in [0.05, 0.1) is 11.3 Å². The van der Waals surface area contributed by atoms with Crippen LogP contribution in [0.25, 0.3) is 0 Å². The highest BCUT2D eigenvalue weighted by molar-refractivity contribution is 6.10. The predicted molar refractivity (Wildman–Crippen MR) is 120 cm³/mol. The Morgan fingerprint density at radius 2 is 2.03 bits per heavy atom. The van der Waals surface area contributed by atoms with Crippen LogP contribution in [0.4, 0.5) is 17.2 Å². The molecule has 3 heterocycles. The number of rotatable bonds is 6. The van der Waals surface area contributed by atoms with Crippen LogP contribution in [0.3, 0.4) is 0 Å². The fourth-order valence-corrected chi connectivity index (χ4v) is 5.04. The number of fused-ring (bicyclic) bond motifs is 1. The maximum absolute atomic E-state index is 11.7. The van der Waals surface area contributed by atoms with Gasteiger partial charge in [-0.2, -0.15) is 0 Å². The topological polar surface area (TPSA) is 81.1 Å². The third kappa shape index (κ3) is 3.60. The molecule has 3 aliphatic rings. The van der Waals surface area contributed by atoms with E-state index in [1.165, 1.54) is 12.8 Å². The fourth-order valence-electron chi connectivity index (χ4n) is 5.04. The predicted octanol–water partition coefficient (Wildman–Crippen LogP) is 3.99. The number of aldehydes is 1. The van der Waals surface area contributed by atoms with Gasteiger partial charge in [-0.05, 0) is 56.3 Å². The minimum atomic E-state index is 0.287. The molecule has 1 aliphatic carbocycles. The first-order chi connectivity index (χ1) is 14.7. The van der Waals surface area contributed by atoms with E-state index >= 15 is 0 Å². The molecule has 6 nitrogen and oxygen atoms in total. The van der Waals surface area contributed by atoms with Gasteiger partial charge in [0.2, 0.25) is 0 Å². The summed E-state index contributed by atoms with van der Waals surface area (Å²) in [6.45, 7) is 2.99. The van der Waals surface area contributed by atoms with Gasteiger partial charge in [-0.3, -0.25) is 4.79 Å². The first-order valence-corrected chi connectivity index (χ1v) is 11.1. The molecule has 1 aromatic heterocycles. The van der Waals surface area contributed by atoms with Crippen LogP contribution < -0.4 is 15.5 Å². The number of anilines is 3. The molecule has 1 saturated carbocycles. The number of pyridine rings is 1. The molecule has 2 unspecified atom stereocenters. The lowest BCUT2D eigenvalue weighted by atomic mass is 9.78. The largest absolute Gasteiger partial charge is 0.370 e. The highest BCUT2D eigenvalue weighted by Gasteiger charge is 2.35. The van der Waals surface area contributed by atoms with Gasteiger partial charge in [-0.15, -0.1) is 0 Å². The molecule has 156 valence electrons. The number of nitrogens with one attached hydrogen (secondary N) is 3. The Morgan fingerprint density at radius 3 is 2.77 bits per heavy atom. The van der Waals surface area contributed by atoms with Crippen LogP contribution >= 0.6 is 0 Å². The number of para-hydroxylation sites is 1. The quantitative estimate of drug-likeness (QED) is 0.502. The van der Waals surface area contributed by atoms with E-state index in [0.29, 0.717) is 29.2 Å². The lowest BCUT2D eigenvalue weighted by Crippen LogP contribution is -2.45. The van der Waals surface area contributed by atoms with Crippen LogP contribution in [0.2, 0.25) is 0 Å². The van der Waals surface area contributed by atoms with Crippen molar-refractivity contribution < 1.29 is 4.79 Å². The van der Waals surface area contributed by atoms with Crippen LogP contribution in [-0.4, -0.2) is 42.7 Å². The van der Waals surface area contributed by atoms with E-state index in [9.17, 15) is 4.79 Å². The number of nitrogens with zero attached hydrogens (tertiary/aromatic N) is 2. The molecule has 2 aliphatic heterocycles. The van der Waals surface area contributed by atoms with E-state index in [2.05, 4.69) is 20.5 Å². The molecule has 30 heavy (non-hydrogen) atoms. The lowest BCUT2D eigenvalue weighted by Gasteiger charge is -2.38. The van der Waals surface area contributed by atoms with Gasteiger partial charge < -0.3 is 20.9 Å². The molecule has 0 amide bonds. The van der Waals surface area contributed by atoms with E-state index in [-0.39, 0.29) is 5.92 Å². The zero-order valence-electron chi connectivity index (χ0n) is 17.2. The summed E-state index contributed by atoms with van der Waals surface area (Å²) < 4.78 is 0. The highest BCUT2D eigenvalue weighted by Crippen LogP contribution is 2.39. The van der Waals surface area contributed by atoms with Gasteiger partial charge in [-0.25, -0.2) is 4.98 Å². The summed E-state index contributed by atoms with van der Waals surface area (Å²) in [4.78, 5) is 18.7. The monoisotopic (exact) mass is 403 g/mol. The Morgan fingerprint density at radius 1 is 1.20 bits per heavy atom. The Kier molecular flexibility index (Phi) is 5.25. The molecule has 2 aromatic rings. The van der Waals surface area contributed by atoms with Crippen molar-refractivity contribution in [3.8, 4) is 0 Å². The average molecular weight is 404 g/mol. The van der Waals surface area contributed by atoms with E-state index in [0.717, 1.165) is 62.1 Å². The third-order valence-electron chi connectivity index (χ3n) is 6.95. The van der Waals surface area contributed by atoms with E-state index in [1.54, 1.807) is 0 Å². The molecular formula is C24H29N5O. The maximum atomic E-state index is 11.7. The summed E-state index contributed by atoms with van der Waals surface area (Å²) >= 11 is 0. The van der Waals surface area contributed by atoms with Crippen molar-refractivity contribution in [2.24, 2.45) is 11.8 Å². The van der Waals surface area contributed by atoms with Gasteiger partial charge >= 0.3 is 0 Å². The molecule has 0 bridgehead atoms. The molecule has 2 atom stereocenters. The molecule has 0 radical (unpaired) electrons. The molecule has 2 saturated heterocycles. The normalized spacial score (nSPS) is 23.5.